The maximum Gasteiger partial charge on any atom is 0.177 e. The van der Waals surface area contributed by atoms with Crippen molar-refractivity contribution in [3.63, 3.8) is 0 Å². The number of rotatable bonds is 2. The summed E-state index contributed by atoms with van der Waals surface area (Å²) in [6.07, 6.45) is -1.18. The SMILES string of the molecule is O=C1C(c2ccccc2)=C(O)[C@@H](O)[C@H]1c1ccccc1. The minimum Gasteiger partial charge on any atom is -0.509 e. The second-order valence-electron chi connectivity index (χ2n) is 4.82. The van der Waals surface area contributed by atoms with Gasteiger partial charge in [-0.2, -0.15) is 0 Å². The van der Waals surface area contributed by atoms with Gasteiger partial charge in [-0.1, -0.05) is 60.7 Å². The van der Waals surface area contributed by atoms with E-state index in [4.69, 9.17) is 0 Å². The van der Waals surface area contributed by atoms with Crippen molar-refractivity contribution in [2.45, 2.75) is 12.0 Å². The Labute approximate surface area is 116 Å². The van der Waals surface area contributed by atoms with E-state index in [-0.39, 0.29) is 17.1 Å². The molecule has 0 aromatic heterocycles. The van der Waals surface area contributed by atoms with Crippen LogP contribution in [0.2, 0.25) is 0 Å². The van der Waals surface area contributed by atoms with Gasteiger partial charge < -0.3 is 10.2 Å². The number of aliphatic hydroxyl groups excluding tert-OH is 2. The van der Waals surface area contributed by atoms with E-state index in [1.807, 2.05) is 24.3 Å². The zero-order chi connectivity index (χ0) is 14.1. The standard InChI is InChI=1S/C17H14O3/c18-15-13(11-7-3-1-4-8-11)16(19)17(20)14(15)12-9-5-2-6-10-12/h1-10,13,16,19-20H/t13-,16-/m0/s1. The van der Waals surface area contributed by atoms with Gasteiger partial charge in [-0.3, -0.25) is 4.79 Å². The summed E-state index contributed by atoms with van der Waals surface area (Å²) in [5.41, 5.74) is 1.56. The largest absolute Gasteiger partial charge is 0.509 e. The molecule has 20 heavy (non-hydrogen) atoms. The lowest BCUT2D eigenvalue weighted by molar-refractivity contribution is -0.115. The van der Waals surface area contributed by atoms with Gasteiger partial charge in [0.25, 0.3) is 0 Å². The zero-order valence-corrected chi connectivity index (χ0v) is 10.7. The van der Waals surface area contributed by atoms with Gasteiger partial charge in [-0.25, -0.2) is 0 Å². The van der Waals surface area contributed by atoms with Crippen molar-refractivity contribution < 1.29 is 15.0 Å². The van der Waals surface area contributed by atoms with E-state index in [0.717, 1.165) is 0 Å². The van der Waals surface area contributed by atoms with Gasteiger partial charge in [-0.15, -0.1) is 0 Å². The van der Waals surface area contributed by atoms with Crippen LogP contribution < -0.4 is 0 Å². The minimum absolute atomic E-state index is 0.215. The molecule has 1 aliphatic carbocycles. The number of carbonyl (C=O) groups is 1. The number of benzene rings is 2. The third-order valence-electron chi connectivity index (χ3n) is 3.60. The highest BCUT2D eigenvalue weighted by Gasteiger charge is 2.42. The Bertz CT molecular complexity index is 659. The minimum atomic E-state index is -1.18. The van der Waals surface area contributed by atoms with Crippen LogP contribution >= 0.6 is 0 Å². The first-order valence-corrected chi connectivity index (χ1v) is 6.46. The number of allylic oxidation sites excluding steroid dienone is 1. The van der Waals surface area contributed by atoms with Crippen molar-refractivity contribution in [1.82, 2.24) is 0 Å². The predicted molar refractivity (Wildman–Crippen MR) is 76.2 cm³/mol. The Morgan fingerprint density at radius 3 is 2.00 bits per heavy atom. The summed E-state index contributed by atoms with van der Waals surface area (Å²) in [6, 6.07) is 18.0. The van der Waals surface area contributed by atoms with E-state index < -0.39 is 12.0 Å². The number of aliphatic hydroxyl groups is 2. The first kappa shape index (κ1) is 12.6. The Kier molecular flexibility index (Phi) is 3.12. The van der Waals surface area contributed by atoms with Crippen molar-refractivity contribution in [1.29, 1.82) is 0 Å². The summed E-state index contributed by atoms with van der Waals surface area (Å²) in [4.78, 5) is 12.5. The first-order chi connectivity index (χ1) is 9.70. The quantitative estimate of drug-likeness (QED) is 0.878. The Hall–Kier alpha value is -2.39. The third kappa shape index (κ3) is 1.92. The first-order valence-electron chi connectivity index (χ1n) is 6.46. The van der Waals surface area contributed by atoms with Crippen LogP contribution in [0.3, 0.4) is 0 Å². The maximum absolute atomic E-state index is 12.5. The fraction of sp³-hybridized carbons (Fsp3) is 0.118. The van der Waals surface area contributed by atoms with Gasteiger partial charge in [0, 0.05) is 0 Å². The van der Waals surface area contributed by atoms with Crippen molar-refractivity contribution in [2.75, 3.05) is 0 Å². The predicted octanol–water partition coefficient (Wildman–Crippen LogP) is 2.68. The van der Waals surface area contributed by atoms with Crippen LogP contribution in [0.15, 0.2) is 66.4 Å². The second kappa shape index (κ2) is 4.94. The van der Waals surface area contributed by atoms with E-state index in [2.05, 4.69) is 0 Å². The van der Waals surface area contributed by atoms with Crippen LogP contribution in [-0.2, 0) is 4.79 Å². The number of Topliss-reactive ketones (excluding diaryl/α,β-unsaturated/α-hetero) is 1. The fourth-order valence-corrected chi connectivity index (χ4v) is 2.62. The third-order valence-corrected chi connectivity index (χ3v) is 3.60. The molecule has 2 aromatic carbocycles. The normalized spacial score (nSPS) is 22.4. The lowest BCUT2D eigenvalue weighted by atomic mass is 9.91. The average Bonchev–Trinajstić information content (AvgIpc) is 2.71. The molecule has 0 bridgehead atoms. The molecule has 0 aliphatic heterocycles. The molecule has 0 saturated heterocycles. The van der Waals surface area contributed by atoms with E-state index in [9.17, 15) is 15.0 Å². The molecule has 0 spiro atoms. The molecule has 100 valence electrons. The van der Waals surface area contributed by atoms with Crippen LogP contribution in [0, 0.1) is 0 Å². The van der Waals surface area contributed by atoms with Crippen LogP contribution in [0.5, 0.6) is 0 Å². The van der Waals surface area contributed by atoms with E-state index >= 15 is 0 Å². The summed E-state index contributed by atoms with van der Waals surface area (Å²) in [7, 11) is 0. The molecule has 2 atom stereocenters. The average molecular weight is 266 g/mol. The molecule has 1 aliphatic rings. The maximum atomic E-state index is 12.5. The molecule has 3 rings (SSSR count). The molecule has 0 radical (unpaired) electrons. The molecule has 3 nitrogen and oxygen atoms in total. The molecule has 0 saturated carbocycles. The van der Waals surface area contributed by atoms with Gasteiger partial charge in [0.05, 0.1) is 11.5 Å². The Morgan fingerprint density at radius 1 is 0.850 bits per heavy atom. The van der Waals surface area contributed by atoms with Crippen LogP contribution in [0.25, 0.3) is 5.57 Å². The second-order valence-corrected chi connectivity index (χ2v) is 4.82. The summed E-state index contributed by atoms with van der Waals surface area (Å²) in [5.74, 6) is -1.21. The summed E-state index contributed by atoms with van der Waals surface area (Å²) >= 11 is 0. The number of ketones is 1. The number of carbonyl (C=O) groups excluding carboxylic acids is 1. The topological polar surface area (TPSA) is 57.5 Å². The molecular weight excluding hydrogens is 252 g/mol. The van der Waals surface area contributed by atoms with Gasteiger partial charge in [0.15, 0.2) is 5.78 Å². The highest BCUT2D eigenvalue weighted by molar-refractivity contribution is 6.26. The van der Waals surface area contributed by atoms with Crippen LogP contribution in [0.4, 0.5) is 0 Å². The van der Waals surface area contributed by atoms with E-state index in [1.54, 1.807) is 36.4 Å². The van der Waals surface area contributed by atoms with Gasteiger partial charge >= 0.3 is 0 Å². The van der Waals surface area contributed by atoms with Crippen molar-refractivity contribution >= 4 is 11.4 Å². The highest BCUT2D eigenvalue weighted by atomic mass is 16.3. The molecule has 0 fully saturated rings. The lowest BCUT2D eigenvalue weighted by Gasteiger charge is -2.13. The van der Waals surface area contributed by atoms with Gasteiger partial charge in [-0.05, 0) is 11.1 Å². The molecule has 2 N–H and O–H groups in total. The smallest absolute Gasteiger partial charge is 0.177 e. The monoisotopic (exact) mass is 266 g/mol. The van der Waals surface area contributed by atoms with Crippen LogP contribution in [0.1, 0.15) is 17.0 Å². The van der Waals surface area contributed by atoms with Gasteiger partial charge in [0.2, 0.25) is 0 Å². The van der Waals surface area contributed by atoms with E-state index in [1.165, 1.54) is 0 Å². The molecule has 2 aromatic rings. The van der Waals surface area contributed by atoms with Crippen molar-refractivity contribution in [2.24, 2.45) is 0 Å². The Balaban J connectivity index is 2.04. The molecule has 3 heteroatoms. The zero-order valence-electron chi connectivity index (χ0n) is 10.7. The molecule has 0 heterocycles. The van der Waals surface area contributed by atoms with Crippen molar-refractivity contribution in [3.8, 4) is 0 Å². The molecule has 0 amide bonds. The molecule has 0 unspecified atom stereocenters. The number of hydrogen-bond acceptors (Lipinski definition) is 3. The summed E-state index contributed by atoms with van der Waals surface area (Å²) in [6.45, 7) is 0. The van der Waals surface area contributed by atoms with Gasteiger partial charge in [0.1, 0.15) is 11.9 Å². The fourth-order valence-electron chi connectivity index (χ4n) is 2.62. The number of hydrogen-bond donors (Lipinski definition) is 2. The summed E-state index contributed by atoms with van der Waals surface area (Å²) < 4.78 is 0. The lowest BCUT2D eigenvalue weighted by Crippen LogP contribution is -2.20. The van der Waals surface area contributed by atoms with E-state index in [0.29, 0.717) is 11.1 Å². The molecular formula is C17H14O3. The summed E-state index contributed by atoms with van der Waals surface area (Å²) in [5, 5.41) is 20.3. The van der Waals surface area contributed by atoms with Crippen molar-refractivity contribution in [3.05, 3.63) is 77.5 Å². The van der Waals surface area contributed by atoms with Crippen LogP contribution in [-0.4, -0.2) is 22.1 Å². The highest BCUT2D eigenvalue weighted by Crippen LogP contribution is 2.39. The Morgan fingerprint density at radius 2 is 1.40 bits per heavy atom.